The zero-order valence-corrected chi connectivity index (χ0v) is 13.4. The fourth-order valence-corrected chi connectivity index (χ4v) is 2.82. The Bertz CT molecular complexity index is 442. The SMILES string of the molecule is COc1ccc(CN2CCC(CNC(C)C)CC2)cc1F. The molecule has 0 spiro atoms. The van der Waals surface area contributed by atoms with Crippen molar-refractivity contribution < 1.29 is 9.13 Å². The lowest BCUT2D eigenvalue weighted by Gasteiger charge is -2.32. The van der Waals surface area contributed by atoms with Crippen LogP contribution >= 0.6 is 0 Å². The molecule has 1 aliphatic heterocycles. The predicted octanol–water partition coefficient (Wildman–Crippen LogP) is 3.04. The third kappa shape index (κ3) is 4.97. The maximum absolute atomic E-state index is 13.7. The van der Waals surface area contributed by atoms with Crippen molar-refractivity contribution in [3.63, 3.8) is 0 Å². The number of likely N-dealkylation sites (tertiary alicyclic amines) is 1. The van der Waals surface area contributed by atoms with Crippen LogP contribution < -0.4 is 10.1 Å². The molecule has 1 fully saturated rings. The Morgan fingerprint density at radius 3 is 2.62 bits per heavy atom. The predicted molar refractivity (Wildman–Crippen MR) is 84.1 cm³/mol. The summed E-state index contributed by atoms with van der Waals surface area (Å²) >= 11 is 0. The second kappa shape index (κ2) is 7.76. The molecule has 0 bridgehead atoms. The summed E-state index contributed by atoms with van der Waals surface area (Å²) in [5, 5.41) is 3.52. The van der Waals surface area contributed by atoms with Crippen LogP contribution in [0, 0.1) is 11.7 Å². The lowest BCUT2D eigenvalue weighted by atomic mass is 9.96. The van der Waals surface area contributed by atoms with Crippen LogP contribution in [-0.2, 0) is 6.54 Å². The monoisotopic (exact) mass is 294 g/mol. The molecule has 2 rings (SSSR count). The van der Waals surface area contributed by atoms with E-state index in [1.54, 1.807) is 12.1 Å². The molecule has 1 aromatic rings. The zero-order chi connectivity index (χ0) is 15.2. The van der Waals surface area contributed by atoms with Gasteiger partial charge in [-0.15, -0.1) is 0 Å². The molecule has 0 atom stereocenters. The summed E-state index contributed by atoms with van der Waals surface area (Å²) in [6.07, 6.45) is 2.44. The highest BCUT2D eigenvalue weighted by atomic mass is 19.1. The van der Waals surface area contributed by atoms with Gasteiger partial charge in [-0.3, -0.25) is 4.90 Å². The van der Waals surface area contributed by atoms with Gasteiger partial charge in [0.05, 0.1) is 7.11 Å². The van der Waals surface area contributed by atoms with E-state index < -0.39 is 0 Å². The highest BCUT2D eigenvalue weighted by Crippen LogP contribution is 2.21. The molecule has 0 saturated carbocycles. The lowest BCUT2D eigenvalue weighted by Crippen LogP contribution is -2.38. The van der Waals surface area contributed by atoms with Gasteiger partial charge in [-0.25, -0.2) is 4.39 Å². The Hall–Kier alpha value is -1.13. The number of halogens is 1. The number of hydrogen-bond acceptors (Lipinski definition) is 3. The van der Waals surface area contributed by atoms with E-state index in [9.17, 15) is 4.39 Å². The molecule has 0 radical (unpaired) electrons. The Kier molecular flexibility index (Phi) is 6.00. The van der Waals surface area contributed by atoms with E-state index in [0.717, 1.165) is 37.7 Å². The van der Waals surface area contributed by atoms with Crippen molar-refractivity contribution in [2.45, 2.75) is 39.3 Å². The summed E-state index contributed by atoms with van der Waals surface area (Å²) in [6.45, 7) is 8.50. The fourth-order valence-electron chi connectivity index (χ4n) is 2.82. The molecule has 1 saturated heterocycles. The van der Waals surface area contributed by atoms with Crippen LogP contribution in [0.4, 0.5) is 4.39 Å². The molecule has 118 valence electrons. The van der Waals surface area contributed by atoms with Crippen LogP contribution in [-0.4, -0.2) is 37.7 Å². The number of ether oxygens (including phenoxy) is 1. The Morgan fingerprint density at radius 1 is 1.33 bits per heavy atom. The summed E-state index contributed by atoms with van der Waals surface area (Å²) in [5.74, 6) is 0.819. The Morgan fingerprint density at radius 2 is 2.05 bits per heavy atom. The number of nitrogens with zero attached hydrogens (tertiary/aromatic N) is 1. The third-order valence-corrected chi connectivity index (χ3v) is 4.14. The Labute approximate surface area is 127 Å². The van der Waals surface area contributed by atoms with Gasteiger partial charge in [-0.1, -0.05) is 19.9 Å². The first-order valence-corrected chi connectivity index (χ1v) is 7.86. The zero-order valence-electron chi connectivity index (χ0n) is 13.4. The maximum Gasteiger partial charge on any atom is 0.165 e. The molecule has 1 aromatic carbocycles. The van der Waals surface area contributed by atoms with Crippen LogP contribution in [0.3, 0.4) is 0 Å². The third-order valence-electron chi connectivity index (χ3n) is 4.14. The van der Waals surface area contributed by atoms with E-state index in [4.69, 9.17) is 4.74 Å². The molecule has 4 heteroatoms. The second-order valence-electron chi connectivity index (χ2n) is 6.25. The van der Waals surface area contributed by atoms with Crippen LogP contribution in [0.15, 0.2) is 18.2 Å². The van der Waals surface area contributed by atoms with E-state index in [1.807, 2.05) is 6.07 Å². The van der Waals surface area contributed by atoms with Crippen molar-refractivity contribution >= 4 is 0 Å². The van der Waals surface area contributed by atoms with Gasteiger partial charge in [0.1, 0.15) is 0 Å². The van der Waals surface area contributed by atoms with E-state index >= 15 is 0 Å². The summed E-state index contributed by atoms with van der Waals surface area (Å²) in [5.41, 5.74) is 1.02. The quantitative estimate of drug-likeness (QED) is 0.873. The van der Waals surface area contributed by atoms with E-state index in [2.05, 4.69) is 24.1 Å². The number of methoxy groups -OCH3 is 1. The van der Waals surface area contributed by atoms with Gasteiger partial charge < -0.3 is 10.1 Å². The smallest absolute Gasteiger partial charge is 0.165 e. The van der Waals surface area contributed by atoms with Crippen LogP contribution in [0.2, 0.25) is 0 Å². The molecule has 0 aliphatic carbocycles. The Balaban J connectivity index is 1.79. The standard InChI is InChI=1S/C17H27FN2O/c1-13(2)19-11-14-6-8-20(9-7-14)12-15-4-5-17(21-3)16(18)10-15/h4-5,10,13-14,19H,6-9,11-12H2,1-3H3. The summed E-state index contributed by atoms with van der Waals surface area (Å²) in [7, 11) is 1.49. The second-order valence-corrected chi connectivity index (χ2v) is 6.25. The van der Waals surface area contributed by atoms with Crippen molar-refractivity contribution in [1.82, 2.24) is 10.2 Å². The highest BCUT2D eigenvalue weighted by Gasteiger charge is 2.19. The average molecular weight is 294 g/mol. The normalized spacial score (nSPS) is 17.4. The maximum atomic E-state index is 13.7. The molecule has 1 aliphatic rings. The van der Waals surface area contributed by atoms with Gasteiger partial charge in [-0.05, 0) is 56.1 Å². The molecule has 0 amide bonds. The van der Waals surface area contributed by atoms with Crippen LogP contribution in [0.1, 0.15) is 32.3 Å². The lowest BCUT2D eigenvalue weighted by molar-refractivity contribution is 0.174. The number of piperidine rings is 1. The largest absolute Gasteiger partial charge is 0.494 e. The van der Waals surface area contributed by atoms with Gasteiger partial charge in [-0.2, -0.15) is 0 Å². The van der Waals surface area contributed by atoms with Crippen LogP contribution in [0.5, 0.6) is 5.75 Å². The summed E-state index contributed by atoms with van der Waals surface area (Å²) in [4.78, 5) is 2.41. The molecular weight excluding hydrogens is 267 g/mol. The van der Waals surface area contributed by atoms with Crippen molar-refractivity contribution in [3.05, 3.63) is 29.6 Å². The first-order valence-electron chi connectivity index (χ1n) is 7.86. The number of hydrogen-bond donors (Lipinski definition) is 1. The molecule has 0 unspecified atom stereocenters. The first kappa shape index (κ1) is 16.2. The van der Waals surface area contributed by atoms with Crippen molar-refractivity contribution in [3.8, 4) is 5.75 Å². The molecular formula is C17H27FN2O. The number of nitrogens with one attached hydrogen (secondary N) is 1. The fraction of sp³-hybridized carbons (Fsp3) is 0.647. The molecule has 21 heavy (non-hydrogen) atoms. The van der Waals surface area contributed by atoms with Gasteiger partial charge in [0.2, 0.25) is 0 Å². The van der Waals surface area contributed by atoms with E-state index in [-0.39, 0.29) is 5.82 Å². The molecule has 3 nitrogen and oxygen atoms in total. The van der Waals surface area contributed by atoms with Gasteiger partial charge in [0.15, 0.2) is 11.6 Å². The average Bonchev–Trinajstić information content (AvgIpc) is 2.47. The molecule has 1 N–H and O–H groups in total. The minimum Gasteiger partial charge on any atom is -0.494 e. The summed E-state index contributed by atoms with van der Waals surface area (Å²) < 4.78 is 18.6. The van der Waals surface area contributed by atoms with Gasteiger partial charge >= 0.3 is 0 Å². The number of benzene rings is 1. The minimum absolute atomic E-state index is 0.272. The van der Waals surface area contributed by atoms with E-state index in [0.29, 0.717) is 11.8 Å². The van der Waals surface area contributed by atoms with Gasteiger partial charge in [0, 0.05) is 12.6 Å². The highest BCUT2D eigenvalue weighted by molar-refractivity contribution is 5.29. The first-order chi connectivity index (χ1) is 10.1. The summed E-state index contributed by atoms with van der Waals surface area (Å²) in [6, 6.07) is 5.81. The van der Waals surface area contributed by atoms with Gasteiger partial charge in [0.25, 0.3) is 0 Å². The van der Waals surface area contributed by atoms with E-state index in [1.165, 1.54) is 20.0 Å². The van der Waals surface area contributed by atoms with Crippen molar-refractivity contribution in [1.29, 1.82) is 0 Å². The van der Waals surface area contributed by atoms with Crippen molar-refractivity contribution in [2.24, 2.45) is 5.92 Å². The van der Waals surface area contributed by atoms with Crippen molar-refractivity contribution in [2.75, 3.05) is 26.7 Å². The topological polar surface area (TPSA) is 24.5 Å². The van der Waals surface area contributed by atoms with Crippen LogP contribution in [0.25, 0.3) is 0 Å². The minimum atomic E-state index is -0.272. The number of rotatable bonds is 6. The molecule has 1 heterocycles. The molecule has 0 aromatic heterocycles.